The van der Waals surface area contributed by atoms with E-state index in [1.807, 2.05) is 25.7 Å². The van der Waals surface area contributed by atoms with Crippen LogP contribution in [-0.2, 0) is 4.79 Å². The van der Waals surface area contributed by atoms with Gasteiger partial charge >= 0.3 is 6.03 Å². The van der Waals surface area contributed by atoms with Gasteiger partial charge in [0.25, 0.3) is 5.91 Å². The molecule has 166 valence electrons. The molecule has 1 saturated heterocycles. The summed E-state index contributed by atoms with van der Waals surface area (Å²) in [5.41, 5.74) is 0.0923. The SMILES string of the molecule is COc1ccc(C(=O)N2CCN(C(C)C(=O)NC(=O)NC(C)(C)C)CC2)cc1OC. The second kappa shape index (κ2) is 9.80. The number of methoxy groups -OCH3 is 2. The summed E-state index contributed by atoms with van der Waals surface area (Å²) in [6.07, 6.45) is 0. The second-order valence-electron chi connectivity index (χ2n) is 8.27. The normalized spacial score (nSPS) is 15.9. The number of piperazine rings is 1. The number of ether oxygens (including phenoxy) is 2. The summed E-state index contributed by atoms with van der Waals surface area (Å²) in [7, 11) is 3.07. The molecule has 0 spiro atoms. The molecule has 0 aromatic heterocycles. The van der Waals surface area contributed by atoms with E-state index in [9.17, 15) is 14.4 Å². The van der Waals surface area contributed by atoms with E-state index < -0.39 is 17.6 Å². The number of hydrogen-bond acceptors (Lipinski definition) is 6. The Balaban J connectivity index is 1.91. The van der Waals surface area contributed by atoms with Crippen LogP contribution in [0.4, 0.5) is 4.79 Å². The van der Waals surface area contributed by atoms with Crippen LogP contribution in [0.25, 0.3) is 0 Å². The first-order valence-electron chi connectivity index (χ1n) is 9.94. The van der Waals surface area contributed by atoms with Gasteiger partial charge in [-0.15, -0.1) is 0 Å². The molecule has 1 aliphatic rings. The average molecular weight is 421 g/mol. The van der Waals surface area contributed by atoms with Crippen molar-refractivity contribution in [3.63, 3.8) is 0 Å². The number of benzene rings is 1. The van der Waals surface area contributed by atoms with Gasteiger partial charge in [-0.2, -0.15) is 0 Å². The van der Waals surface area contributed by atoms with Crippen LogP contribution in [-0.4, -0.2) is 79.6 Å². The van der Waals surface area contributed by atoms with E-state index in [0.29, 0.717) is 43.2 Å². The number of amides is 4. The van der Waals surface area contributed by atoms with Crippen molar-refractivity contribution in [2.45, 2.75) is 39.3 Å². The highest BCUT2D eigenvalue weighted by molar-refractivity contribution is 5.97. The number of hydrogen-bond donors (Lipinski definition) is 2. The molecule has 4 amide bonds. The molecule has 9 nitrogen and oxygen atoms in total. The van der Waals surface area contributed by atoms with Gasteiger partial charge in [0, 0.05) is 37.3 Å². The summed E-state index contributed by atoms with van der Waals surface area (Å²) in [6.45, 7) is 9.33. The summed E-state index contributed by atoms with van der Waals surface area (Å²) < 4.78 is 10.5. The van der Waals surface area contributed by atoms with Gasteiger partial charge in [0.05, 0.1) is 20.3 Å². The predicted molar refractivity (Wildman–Crippen MR) is 113 cm³/mol. The molecule has 0 bridgehead atoms. The highest BCUT2D eigenvalue weighted by Gasteiger charge is 2.29. The Morgan fingerprint density at radius 2 is 1.60 bits per heavy atom. The first-order valence-corrected chi connectivity index (χ1v) is 9.94. The molecular formula is C21H32N4O5. The molecule has 2 N–H and O–H groups in total. The highest BCUT2D eigenvalue weighted by atomic mass is 16.5. The quantitative estimate of drug-likeness (QED) is 0.748. The zero-order valence-corrected chi connectivity index (χ0v) is 18.6. The molecule has 2 rings (SSSR count). The third kappa shape index (κ3) is 6.09. The Morgan fingerprint density at radius 1 is 1.00 bits per heavy atom. The summed E-state index contributed by atoms with van der Waals surface area (Å²) in [6, 6.07) is 4.09. The standard InChI is InChI=1S/C21H32N4O5/c1-14(18(26)22-20(28)23-21(2,3)4)24-9-11-25(12-10-24)19(27)15-7-8-16(29-5)17(13-15)30-6/h7-8,13-14H,9-12H2,1-6H3,(H2,22,23,26,28). The molecule has 9 heteroatoms. The topological polar surface area (TPSA) is 100 Å². The highest BCUT2D eigenvalue weighted by Crippen LogP contribution is 2.28. The van der Waals surface area contributed by atoms with Crippen molar-refractivity contribution in [2.24, 2.45) is 0 Å². The van der Waals surface area contributed by atoms with Crippen LogP contribution in [0.5, 0.6) is 11.5 Å². The van der Waals surface area contributed by atoms with Crippen molar-refractivity contribution in [3.8, 4) is 11.5 Å². The van der Waals surface area contributed by atoms with Crippen LogP contribution in [0.3, 0.4) is 0 Å². The molecule has 30 heavy (non-hydrogen) atoms. The maximum atomic E-state index is 12.8. The number of nitrogens with one attached hydrogen (secondary N) is 2. The maximum Gasteiger partial charge on any atom is 0.321 e. The Kier molecular flexibility index (Phi) is 7.66. The zero-order valence-electron chi connectivity index (χ0n) is 18.6. The van der Waals surface area contributed by atoms with Gasteiger partial charge < -0.3 is 19.7 Å². The smallest absolute Gasteiger partial charge is 0.321 e. The molecule has 1 aromatic rings. The number of carbonyl (C=O) groups excluding carboxylic acids is 3. The largest absolute Gasteiger partial charge is 0.493 e. The first kappa shape index (κ1) is 23.5. The summed E-state index contributed by atoms with van der Waals surface area (Å²) in [5.74, 6) is 0.601. The number of urea groups is 1. The minimum absolute atomic E-state index is 0.0998. The van der Waals surface area contributed by atoms with Crippen LogP contribution in [0.15, 0.2) is 18.2 Å². The van der Waals surface area contributed by atoms with Gasteiger partial charge in [-0.25, -0.2) is 4.79 Å². The van der Waals surface area contributed by atoms with Gasteiger partial charge in [0.2, 0.25) is 5.91 Å². The van der Waals surface area contributed by atoms with E-state index in [1.54, 1.807) is 37.1 Å². The number of rotatable bonds is 5. The predicted octanol–water partition coefficient (Wildman–Crippen LogP) is 1.47. The number of nitrogens with zero attached hydrogens (tertiary/aromatic N) is 2. The van der Waals surface area contributed by atoms with Crippen LogP contribution in [0.2, 0.25) is 0 Å². The maximum absolute atomic E-state index is 12.8. The Hall–Kier alpha value is -2.81. The van der Waals surface area contributed by atoms with Gasteiger partial charge in [-0.1, -0.05) is 0 Å². The lowest BCUT2D eigenvalue weighted by molar-refractivity contribution is -0.125. The van der Waals surface area contributed by atoms with Crippen molar-refractivity contribution in [1.29, 1.82) is 0 Å². The molecule has 1 heterocycles. The molecule has 0 radical (unpaired) electrons. The van der Waals surface area contributed by atoms with E-state index in [2.05, 4.69) is 10.6 Å². The lowest BCUT2D eigenvalue weighted by atomic mass is 10.1. The van der Waals surface area contributed by atoms with E-state index >= 15 is 0 Å². The Bertz CT molecular complexity index is 782. The van der Waals surface area contributed by atoms with E-state index in [4.69, 9.17) is 9.47 Å². The van der Waals surface area contributed by atoms with Crippen LogP contribution in [0.1, 0.15) is 38.1 Å². The Labute approximate surface area is 177 Å². The van der Waals surface area contributed by atoms with Crippen molar-refractivity contribution in [2.75, 3.05) is 40.4 Å². The van der Waals surface area contributed by atoms with Crippen molar-refractivity contribution in [1.82, 2.24) is 20.4 Å². The molecule has 0 aliphatic carbocycles. The fourth-order valence-corrected chi connectivity index (χ4v) is 3.22. The third-order valence-corrected chi connectivity index (χ3v) is 4.88. The van der Waals surface area contributed by atoms with Gasteiger partial charge in [-0.3, -0.25) is 19.8 Å². The fraction of sp³-hybridized carbons (Fsp3) is 0.571. The van der Waals surface area contributed by atoms with Gasteiger partial charge in [0.1, 0.15) is 0 Å². The van der Waals surface area contributed by atoms with Crippen molar-refractivity contribution < 1.29 is 23.9 Å². The minimum atomic E-state index is -0.512. The van der Waals surface area contributed by atoms with Gasteiger partial charge in [0.15, 0.2) is 11.5 Å². The number of imide groups is 1. The van der Waals surface area contributed by atoms with E-state index in [-0.39, 0.29) is 11.8 Å². The molecule has 1 aromatic carbocycles. The first-order chi connectivity index (χ1) is 14.1. The van der Waals surface area contributed by atoms with Crippen molar-refractivity contribution >= 4 is 17.8 Å². The third-order valence-electron chi connectivity index (χ3n) is 4.88. The average Bonchev–Trinajstić information content (AvgIpc) is 2.70. The monoisotopic (exact) mass is 420 g/mol. The molecule has 1 atom stereocenters. The Morgan fingerprint density at radius 3 is 2.13 bits per heavy atom. The van der Waals surface area contributed by atoms with Crippen LogP contribution in [0, 0.1) is 0 Å². The fourth-order valence-electron chi connectivity index (χ4n) is 3.22. The molecule has 1 aliphatic heterocycles. The minimum Gasteiger partial charge on any atom is -0.493 e. The summed E-state index contributed by atoms with van der Waals surface area (Å²) in [4.78, 5) is 40.8. The molecule has 1 unspecified atom stereocenters. The second-order valence-corrected chi connectivity index (χ2v) is 8.27. The van der Waals surface area contributed by atoms with Crippen molar-refractivity contribution in [3.05, 3.63) is 23.8 Å². The van der Waals surface area contributed by atoms with Crippen LogP contribution < -0.4 is 20.1 Å². The number of carbonyl (C=O) groups is 3. The van der Waals surface area contributed by atoms with E-state index in [1.165, 1.54) is 7.11 Å². The summed E-state index contributed by atoms with van der Waals surface area (Å²) >= 11 is 0. The van der Waals surface area contributed by atoms with Gasteiger partial charge in [-0.05, 0) is 45.9 Å². The molecular weight excluding hydrogens is 388 g/mol. The lowest BCUT2D eigenvalue weighted by Crippen LogP contribution is -2.57. The zero-order chi connectivity index (χ0) is 22.5. The molecule has 1 fully saturated rings. The van der Waals surface area contributed by atoms with E-state index in [0.717, 1.165) is 0 Å². The summed E-state index contributed by atoms with van der Waals surface area (Å²) in [5, 5.41) is 5.08. The van der Waals surface area contributed by atoms with Crippen LogP contribution >= 0.6 is 0 Å². The lowest BCUT2D eigenvalue weighted by Gasteiger charge is -2.37. The molecule has 0 saturated carbocycles.